The second-order valence-corrected chi connectivity index (χ2v) is 4.42. The molecule has 0 heterocycles. The molecule has 1 atom stereocenters. The second kappa shape index (κ2) is 5.73. The number of ether oxygens (including phenoxy) is 2. The Morgan fingerprint density at radius 3 is 2.07 bits per heavy atom. The van der Waals surface area contributed by atoms with Crippen LogP contribution >= 0.6 is 0 Å². The van der Waals surface area contributed by atoms with Crippen LogP contribution in [0, 0.1) is 5.92 Å². The standard InChI is InChI=1S/C11H20O4/c1-8(2)6-11(5,15-10(4)13)7-14-9(3)12/h8H,6-7H2,1-5H3. The topological polar surface area (TPSA) is 52.6 Å². The minimum atomic E-state index is -0.717. The minimum Gasteiger partial charge on any atom is -0.462 e. The molecule has 0 aromatic rings. The molecule has 0 spiro atoms. The summed E-state index contributed by atoms with van der Waals surface area (Å²) in [7, 11) is 0. The summed E-state index contributed by atoms with van der Waals surface area (Å²) in [6.45, 7) is 8.62. The molecule has 1 unspecified atom stereocenters. The van der Waals surface area contributed by atoms with Gasteiger partial charge in [0.2, 0.25) is 0 Å². The number of hydrogen-bond donors (Lipinski definition) is 0. The van der Waals surface area contributed by atoms with Crippen molar-refractivity contribution in [2.75, 3.05) is 6.61 Å². The molecule has 4 heteroatoms. The van der Waals surface area contributed by atoms with Crippen molar-refractivity contribution in [3.63, 3.8) is 0 Å². The van der Waals surface area contributed by atoms with Gasteiger partial charge in [-0.05, 0) is 19.3 Å². The van der Waals surface area contributed by atoms with E-state index in [1.54, 1.807) is 6.92 Å². The van der Waals surface area contributed by atoms with Crippen molar-refractivity contribution in [1.82, 2.24) is 0 Å². The monoisotopic (exact) mass is 216 g/mol. The Kier molecular flexibility index (Phi) is 5.33. The molecule has 0 radical (unpaired) electrons. The van der Waals surface area contributed by atoms with Gasteiger partial charge in [0.05, 0.1) is 0 Å². The third kappa shape index (κ3) is 6.94. The minimum absolute atomic E-state index is 0.111. The maximum Gasteiger partial charge on any atom is 0.303 e. The zero-order valence-corrected chi connectivity index (χ0v) is 10.1. The summed E-state index contributed by atoms with van der Waals surface area (Å²) in [6, 6.07) is 0. The van der Waals surface area contributed by atoms with Crippen LogP contribution in [0.5, 0.6) is 0 Å². The largest absolute Gasteiger partial charge is 0.462 e. The van der Waals surface area contributed by atoms with Gasteiger partial charge in [0, 0.05) is 13.8 Å². The molecular formula is C11H20O4. The number of esters is 2. The zero-order valence-electron chi connectivity index (χ0n) is 10.1. The maximum absolute atomic E-state index is 10.9. The molecule has 0 aliphatic heterocycles. The molecule has 4 nitrogen and oxygen atoms in total. The lowest BCUT2D eigenvalue weighted by Gasteiger charge is -2.30. The highest BCUT2D eigenvalue weighted by Crippen LogP contribution is 2.21. The Bertz CT molecular complexity index is 235. The van der Waals surface area contributed by atoms with Crippen molar-refractivity contribution in [3.05, 3.63) is 0 Å². The van der Waals surface area contributed by atoms with Crippen molar-refractivity contribution >= 4 is 11.9 Å². The van der Waals surface area contributed by atoms with Crippen molar-refractivity contribution in [3.8, 4) is 0 Å². The molecule has 15 heavy (non-hydrogen) atoms. The molecule has 0 aromatic heterocycles. The van der Waals surface area contributed by atoms with Crippen LogP contribution in [-0.2, 0) is 19.1 Å². The predicted molar refractivity (Wildman–Crippen MR) is 56.3 cm³/mol. The molecule has 0 fully saturated rings. The fraction of sp³-hybridized carbons (Fsp3) is 0.818. The number of carbonyl (C=O) groups is 2. The summed E-state index contributed by atoms with van der Waals surface area (Å²) in [5.74, 6) is -0.354. The van der Waals surface area contributed by atoms with E-state index in [0.717, 1.165) is 0 Å². The van der Waals surface area contributed by atoms with Crippen molar-refractivity contribution < 1.29 is 19.1 Å². The molecule has 0 rings (SSSR count). The quantitative estimate of drug-likeness (QED) is 0.659. The zero-order chi connectivity index (χ0) is 12.1. The van der Waals surface area contributed by atoms with Gasteiger partial charge in [-0.3, -0.25) is 9.59 Å². The summed E-state index contributed by atoms with van der Waals surface area (Å²) in [5, 5.41) is 0. The lowest BCUT2D eigenvalue weighted by molar-refractivity contribution is -0.169. The molecule has 0 aliphatic carbocycles. The van der Waals surface area contributed by atoms with Gasteiger partial charge in [-0.2, -0.15) is 0 Å². The van der Waals surface area contributed by atoms with Crippen LogP contribution in [0.1, 0.15) is 41.0 Å². The third-order valence-electron chi connectivity index (χ3n) is 1.81. The fourth-order valence-corrected chi connectivity index (χ4v) is 1.59. The van der Waals surface area contributed by atoms with Gasteiger partial charge < -0.3 is 9.47 Å². The highest BCUT2D eigenvalue weighted by atomic mass is 16.6. The Balaban J connectivity index is 4.39. The van der Waals surface area contributed by atoms with Crippen LogP contribution in [0.2, 0.25) is 0 Å². The first-order valence-corrected chi connectivity index (χ1v) is 5.08. The molecule has 0 amide bonds. The Morgan fingerprint density at radius 1 is 1.20 bits per heavy atom. The maximum atomic E-state index is 10.9. The molecule has 0 N–H and O–H groups in total. The first kappa shape index (κ1) is 13.9. The average molecular weight is 216 g/mol. The number of carbonyl (C=O) groups excluding carboxylic acids is 2. The van der Waals surface area contributed by atoms with E-state index in [4.69, 9.17) is 9.47 Å². The van der Waals surface area contributed by atoms with E-state index in [0.29, 0.717) is 12.3 Å². The average Bonchev–Trinajstić information content (AvgIpc) is 1.97. The smallest absolute Gasteiger partial charge is 0.303 e. The van der Waals surface area contributed by atoms with Gasteiger partial charge in [0.1, 0.15) is 12.2 Å². The molecule has 0 aromatic carbocycles. The van der Waals surface area contributed by atoms with E-state index in [1.165, 1.54) is 13.8 Å². The van der Waals surface area contributed by atoms with Crippen LogP contribution < -0.4 is 0 Å². The van der Waals surface area contributed by atoms with E-state index in [9.17, 15) is 9.59 Å². The number of rotatable bonds is 5. The van der Waals surface area contributed by atoms with Gasteiger partial charge >= 0.3 is 11.9 Å². The van der Waals surface area contributed by atoms with E-state index in [2.05, 4.69) is 0 Å². The van der Waals surface area contributed by atoms with E-state index < -0.39 is 5.60 Å². The molecule has 0 aliphatic rings. The fourth-order valence-electron chi connectivity index (χ4n) is 1.59. The van der Waals surface area contributed by atoms with Crippen LogP contribution in [0.15, 0.2) is 0 Å². The highest BCUT2D eigenvalue weighted by Gasteiger charge is 2.30. The predicted octanol–water partition coefficient (Wildman–Crippen LogP) is 1.92. The van der Waals surface area contributed by atoms with Crippen LogP contribution in [0.25, 0.3) is 0 Å². The van der Waals surface area contributed by atoms with Crippen molar-refractivity contribution in [1.29, 1.82) is 0 Å². The molecular weight excluding hydrogens is 196 g/mol. The summed E-state index contributed by atoms with van der Waals surface area (Å²) in [4.78, 5) is 21.6. The summed E-state index contributed by atoms with van der Waals surface area (Å²) in [5.41, 5.74) is -0.717. The van der Waals surface area contributed by atoms with Crippen LogP contribution in [0.3, 0.4) is 0 Å². The molecule has 0 saturated heterocycles. The first-order chi connectivity index (χ1) is 6.75. The Hall–Kier alpha value is -1.06. The van der Waals surface area contributed by atoms with Crippen molar-refractivity contribution in [2.45, 2.75) is 46.6 Å². The second-order valence-electron chi connectivity index (χ2n) is 4.42. The first-order valence-electron chi connectivity index (χ1n) is 5.08. The summed E-state index contributed by atoms with van der Waals surface area (Å²) >= 11 is 0. The van der Waals surface area contributed by atoms with Gasteiger partial charge in [-0.1, -0.05) is 13.8 Å². The molecule has 88 valence electrons. The van der Waals surface area contributed by atoms with E-state index in [-0.39, 0.29) is 18.5 Å². The Morgan fingerprint density at radius 2 is 1.73 bits per heavy atom. The van der Waals surface area contributed by atoms with Crippen molar-refractivity contribution in [2.24, 2.45) is 5.92 Å². The number of hydrogen-bond acceptors (Lipinski definition) is 4. The van der Waals surface area contributed by atoms with Gasteiger partial charge in [0.25, 0.3) is 0 Å². The van der Waals surface area contributed by atoms with E-state index in [1.807, 2.05) is 13.8 Å². The van der Waals surface area contributed by atoms with Gasteiger partial charge in [0.15, 0.2) is 0 Å². The molecule has 0 saturated carbocycles. The molecule has 0 bridgehead atoms. The third-order valence-corrected chi connectivity index (χ3v) is 1.81. The van der Waals surface area contributed by atoms with Crippen LogP contribution in [-0.4, -0.2) is 24.1 Å². The SMILES string of the molecule is CC(=O)OCC(C)(CC(C)C)OC(C)=O. The lowest BCUT2D eigenvalue weighted by atomic mass is 9.95. The summed E-state index contributed by atoms with van der Waals surface area (Å²) < 4.78 is 10.1. The highest BCUT2D eigenvalue weighted by molar-refractivity contribution is 5.67. The summed E-state index contributed by atoms with van der Waals surface area (Å²) in [6.07, 6.45) is 0.667. The Labute approximate surface area is 90.9 Å². The van der Waals surface area contributed by atoms with E-state index >= 15 is 0 Å². The lowest BCUT2D eigenvalue weighted by Crippen LogP contribution is -2.38. The van der Waals surface area contributed by atoms with Crippen LogP contribution in [0.4, 0.5) is 0 Å². The normalized spacial score (nSPS) is 14.5. The van der Waals surface area contributed by atoms with Gasteiger partial charge in [-0.15, -0.1) is 0 Å². The van der Waals surface area contributed by atoms with Gasteiger partial charge in [-0.25, -0.2) is 0 Å².